The molecule has 2 aliphatic rings. The Morgan fingerprint density at radius 2 is 1.77 bits per heavy atom. The van der Waals surface area contributed by atoms with Gasteiger partial charge >= 0.3 is 0 Å². The Kier molecular flexibility index (Phi) is 6.07. The third-order valence-electron chi connectivity index (χ3n) is 5.34. The molecule has 1 amide bonds. The molecule has 1 aromatic carbocycles. The minimum absolute atomic E-state index is 0.0684. The molecule has 2 aromatic rings. The number of sulfonamides is 1. The van der Waals surface area contributed by atoms with Crippen molar-refractivity contribution in [2.24, 2.45) is 0 Å². The summed E-state index contributed by atoms with van der Waals surface area (Å²) < 4.78 is 48.4. The van der Waals surface area contributed by atoms with E-state index in [0.29, 0.717) is 50.0 Å². The quantitative estimate of drug-likeness (QED) is 0.665. The maximum absolute atomic E-state index is 12.7. The Morgan fingerprint density at radius 3 is 2.42 bits per heavy atom. The van der Waals surface area contributed by atoms with Crippen LogP contribution < -0.4 is 4.74 Å². The summed E-state index contributed by atoms with van der Waals surface area (Å²) in [5.74, 6) is 0.837. The SMILES string of the molecule is CC1(C)COCN1C(=O)c1ccc(OCc2ccc(S(=O)(=O)N3CCOCC3)o2)cc1. The summed E-state index contributed by atoms with van der Waals surface area (Å²) in [6, 6.07) is 9.81. The van der Waals surface area contributed by atoms with Gasteiger partial charge in [-0.15, -0.1) is 0 Å². The van der Waals surface area contributed by atoms with E-state index in [4.69, 9.17) is 18.6 Å². The Labute approximate surface area is 181 Å². The van der Waals surface area contributed by atoms with Gasteiger partial charge < -0.3 is 23.5 Å². The highest BCUT2D eigenvalue weighted by Crippen LogP contribution is 2.25. The lowest BCUT2D eigenvalue weighted by molar-refractivity contribution is 0.0605. The van der Waals surface area contributed by atoms with Gasteiger partial charge in [-0.05, 0) is 50.2 Å². The fourth-order valence-electron chi connectivity index (χ4n) is 3.47. The van der Waals surface area contributed by atoms with Crippen molar-refractivity contribution >= 4 is 15.9 Å². The van der Waals surface area contributed by atoms with Crippen molar-refractivity contribution in [3.63, 3.8) is 0 Å². The van der Waals surface area contributed by atoms with E-state index >= 15 is 0 Å². The Balaban J connectivity index is 1.36. The van der Waals surface area contributed by atoms with Crippen LogP contribution in [0.3, 0.4) is 0 Å². The minimum atomic E-state index is -3.68. The molecule has 0 atom stereocenters. The number of hydrogen-bond donors (Lipinski definition) is 0. The lowest BCUT2D eigenvalue weighted by Crippen LogP contribution is -2.44. The molecule has 0 bridgehead atoms. The molecule has 2 aliphatic heterocycles. The Hall–Kier alpha value is -2.40. The van der Waals surface area contributed by atoms with Crippen molar-refractivity contribution in [3.05, 3.63) is 47.7 Å². The lowest BCUT2D eigenvalue weighted by Gasteiger charge is -2.29. The van der Waals surface area contributed by atoms with Crippen LogP contribution in [0.5, 0.6) is 5.75 Å². The summed E-state index contributed by atoms with van der Waals surface area (Å²) in [4.78, 5) is 14.4. The predicted octanol–water partition coefficient (Wildman–Crippen LogP) is 2.09. The van der Waals surface area contributed by atoms with Gasteiger partial charge in [-0.25, -0.2) is 8.42 Å². The van der Waals surface area contributed by atoms with Crippen LogP contribution in [0.1, 0.15) is 30.0 Å². The first-order chi connectivity index (χ1) is 14.8. The van der Waals surface area contributed by atoms with Gasteiger partial charge in [0.15, 0.2) is 0 Å². The van der Waals surface area contributed by atoms with Crippen LogP contribution in [0, 0.1) is 0 Å². The van der Waals surface area contributed by atoms with Crippen molar-refractivity contribution in [1.29, 1.82) is 0 Å². The topological polar surface area (TPSA) is 98.5 Å². The molecule has 0 unspecified atom stereocenters. The number of rotatable bonds is 6. The van der Waals surface area contributed by atoms with E-state index in [0.717, 1.165) is 0 Å². The average molecular weight is 451 g/mol. The van der Waals surface area contributed by atoms with Gasteiger partial charge in [0.25, 0.3) is 15.9 Å². The van der Waals surface area contributed by atoms with Gasteiger partial charge in [0.2, 0.25) is 5.09 Å². The van der Waals surface area contributed by atoms with Gasteiger partial charge in [0, 0.05) is 18.7 Å². The van der Waals surface area contributed by atoms with Crippen LogP contribution in [0.2, 0.25) is 0 Å². The predicted molar refractivity (Wildman–Crippen MR) is 110 cm³/mol. The third-order valence-corrected chi connectivity index (χ3v) is 7.11. The van der Waals surface area contributed by atoms with E-state index in [1.807, 2.05) is 13.8 Å². The molecular weight excluding hydrogens is 424 g/mol. The van der Waals surface area contributed by atoms with Crippen molar-refractivity contribution in [3.8, 4) is 5.75 Å². The highest BCUT2D eigenvalue weighted by atomic mass is 32.2. The smallest absolute Gasteiger partial charge is 0.276 e. The van der Waals surface area contributed by atoms with E-state index < -0.39 is 10.0 Å². The maximum Gasteiger partial charge on any atom is 0.276 e. The number of hydrogen-bond acceptors (Lipinski definition) is 7. The van der Waals surface area contributed by atoms with Crippen LogP contribution in [0.25, 0.3) is 0 Å². The van der Waals surface area contributed by atoms with Crippen LogP contribution in [-0.2, 0) is 26.1 Å². The van der Waals surface area contributed by atoms with Gasteiger partial charge in [0.05, 0.1) is 25.4 Å². The summed E-state index contributed by atoms with van der Waals surface area (Å²) in [6.07, 6.45) is 0. The molecule has 0 saturated carbocycles. The summed E-state index contributed by atoms with van der Waals surface area (Å²) in [7, 11) is -3.68. The van der Waals surface area contributed by atoms with Crippen molar-refractivity contribution in [2.45, 2.75) is 31.1 Å². The molecule has 3 heterocycles. The monoisotopic (exact) mass is 450 g/mol. The molecule has 0 N–H and O–H groups in total. The van der Waals surface area contributed by atoms with Crippen LogP contribution in [0.4, 0.5) is 0 Å². The van der Waals surface area contributed by atoms with E-state index in [1.54, 1.807) is 35.2 Å². The molecule has 0 spiro atoms. The van der Waals surface area contributed by atoms with Gasteiger partial charge in [-0.1, -0.05) is 0 Å². The first-order valence-corrected chi connectivity index (χ1v) is 11.5. The largest absolute Gasteiger partial charge is 0.486 e. The second-order valence-corrected chi connectivity index (χ2v) is 9.94. The number of carbonyl (C=O) groups is 1. The number of furan rings is 1. The van der Waals surface area contributed by atoms with Crippen LogP contribution in [0.15, 0.2) is 45.9 Å². The second-order valence-electron chi connectivity index (χ2n) is 8.07. The van der Waals surface area contributed by atoms with Crippen molar-refractivity contribution in [1.82, 2.24) is 9.21 Å². The molecular formula is C21H26N2O7S. The molecule has 0 radical (unpaired) electrons. The number of morpholine rings is 1. The van der Waals surface area contributed by atoms with E-state index in [9.17, 15) is 13.2 Å². The zero-order chi connectivity index (χ0) is 22.1. The first kappa shape index (κ1) is 21.8. The normalized spacial score (nSPS) is 19.5. The van der Waals surface area contributed by atoms with E-state index in [-0.39, 0.29) is 29.9 Å². The highest BCUT2D eigenvalue weighted by Gasteiger charge is 2.37. The molecule has 4 rings (SSSR count). The van der Waals surface area contributed by atoms with Gasteiger partial charge in [-0.3, -0.25) is 4.79 Å². The van der Waals surface area contributed by atoms with E-state index in [2.05, 4.69) is 0 Å². The maximum atomic E-state index is 12.7. The van der Waals surface area contributed by atoms with Crippen molar-refractivity contribution in [2.75, 3.05) is 39.6 Å². The van der Waals surface area contributed by atoms with Gasteiger partial charge in [-0.2, -0.15) is 4.31 Å². The molecule has 10 heteroatoms. The van der Waals surface area contributed by atoms with Crippen molar-refractivity contribution < 1.29 is 31.8 Å². The Bertz CT molecular complexity index is 1020. The number of benzene rings is 1. The fraction of sp³-hybridized carbons (Fsp3) is 0.476. The number of carbonyl (C=O) groups excluding carboxylic acids is 1. The summed E-state index contributed by atoms with van der Waals surface area (Å²) in [5, 5.41) is -0.107. The number of ether oxygens (including phenoxy) is 3. The summed E-state index contributed by atoms with van der Waals surface area (Å²) >= 11 is 0. The average Bonchev–Trinajstić information content (AvgIpc) is 3.39. The summed E-state index contributed by atoms with van der Waals surface area (Å²) in [6.45, 7) is 6.14. The molecule has 168 valence electrons. The fourth-order valence-corrected chi connectivity index (χ4v) is 4.80. The number of amides is 1. The molecule has 1 aromatic heterocycles. The molecule has 9 nitrogen and oxygen atoms in total. The Morgan fingerprint density at radius 1 is 1.06 bits per heavy atom. The number of nitrogens with zero attached hydrogens (tertiary/aromatic N) is 2. The zero-order valence-electron chi connectivity index (χ0n) is 17.6. The standard InChI is InChI=1S/C21H26N2O7S/c1-21(2)14-28-15-23(21)20(24)16-3-5-17(6-4-16)29-13-18-7-8-19(30-18)31(25,26)22-9-11-27-12-10-22/h3-8H,9-15H2,1-2H3. The molecule has 31 heavy (non-hydrogen) atoms. The van der Waals surface area contributed by atoms with Crippen LogP contribution in [-0.4, -0.2) is 68.7 Å². The second kappa shape index (κ2) is 8.62. The lowest BCUT2D eigenvalue weighted by atomic mass is 10.0. The molecule has 2 saturated heterocycles. The van der Waals surface area contributed by atoms with Crippen LogP contribution >= 0.6 is 0 Å². The molecule has 2 fully saturated rings. The molecule has 0 aliphatic carbocycles. The third kappa shape index (κ3) is 4.62. The highest BCUT2D eigenvalue weighted by molar-refractivity contribution is 7.89. The zero-order valence-corrected chi connectivity index (χ0v) is 18.4. The minimum Gasteiger partial charge on any atom is -0.486 e. The first-order valence-electron chi connectivity index (χ1n) is 10.1. The van der Waals surface area contributed by atoms with Gasteiger partial charge in [0.1, 0.15) is 24.8 Å². The summed E-state index contributed by atoms with van der Waals surface area (Å²) in [5.41, 5.74) is 0.202. The van der Waals surface area contributed by atoms with E-state index in [1.165, 1.54) is 10.4 Å².